The number of rotatable bonds is 7. The molecule has 33 heavy (non-hydrogen) atoms. The van der Waals surface area contributed by atoms with E-state index in [2.05, 4.69) is 38.9 Å². The molecule has 166 valence electrons. The van der Waals surface area contributed by atoms with E-state index in [1.165, 1.54) is 0 Å². The molecule has 0 saturated carbocycles. The number of hydrogen-bond donors (Lipinski definition) is 3. The summed E-state index contributed by atoms with van der Waals surface area (Å²) in [6.45, 7) is 4.29. The van der Waals surface area contributed by atoms with Crippen molar-refractivity contribution in [3.8, 4) is 22.9 Å². The highest BCUT2D eigenvalue weighted by molar-refractivity contribution is 5.92. The van der Waals surface area contributed by atoms with E-state index in [1.807, 2.05) is 42.5 Å². The second kappa shape index (κ2) is 8.70. The standard InChI is InChI=1S/C26H24N4O3/c1-2-30(17-8-4-3-5-9-17)14-15-33-18-12-13-21-22(16-18)28-25(27-21)23-24(31)19-10-6-7-11-20(19)29-26(23)32/h3-13,16H,2,14-15H2,1H3,(H,27,28)(H2,29,31,32). The highest BCUT2D eigenvalue weighted by Gasteiger charge is 2.17. The summed E-state index contributed by atoms with van der Waals surface area (Å²) in [5, 5.41) is 11.3. The molecule has 5 aromatic rings. The SMILES string of the molecule is CCN(CCOc1ccc2[nH]c(-c3c(O)c4ccccc4[nH]c3=O)nc2c1)c1ccccc1. The first-order chi connectivity index (χ1) is 16.1. The second-order valence-corrected chi connectivity index (χ2v) is 7.75. The van der Waals surface area contributed by atoms with Gasteiger partial charge in [-0.1, -0.05) is 30.3 Å². The molecule has 0 amide bonds. The van der Waals surface area contributed by atoms with Crippen LogP contribution in [0.2, 0.25) is 0 Å². The summed E-state index contributed by atoms with van der Waals surface area (Å²) in [4.78, 5) is 25.4. The van der Waals surface area contributed by atoms with E-state index >= 15 is 0 Å². The van der Waals surface area contributed by atoms with Crippen LogP contribution >= 0.6 is 0 Å². The van der Waals surface area contributed by atoms with E-state index < -0.39 is 5.56 Å². The highest BCUT2D eigenvalue weighted by atomic mass is 16.5. The molecule has 2 heterocycles. The summed E-state index contributed by atoms with van der Waals surface area (Å²) in [5.74, 6) is 0.916. The predicted octanol–water partition coefficient (Wildman–Crippen LogP) is 4.68. The first-order valence-electron chi connectivity index (χ1n) is 10.9. The van der Waals surface area contributed by atoms with Gasteiger partial charge in [-0.2, -0.15) is 0 Å². The fourth-order valence-electron chi connectivity index (χ4n) is 4.02. The fraction of sp³-hybridized carbons (Fsp3) is 0.154. The van der Waals surface area contributed by atoms with Crippen LogP contribution in [-0.2, 0) is 0 Å². The van der Waals surface area contributed by atoms with Crippen molar-refractivity contribution in [2.45, 2.75) is 6.92 Å². The van der Waals surface area contributed by atoms with Crippen LogP contribution in [0.3, 0.4) is 0 Å². The number of anilines is 1. The topological polar surface area (TPSA) is 94.2 Å². The van der Waals surface area contributed by atoms with Crippen LogP contribution < -0.4 is 15.2 Å². The van der Waals surface area contributed by atoms with E-state index in [4.69, 9.17) is 4.74 Å². The van der Waals surface area contributed by atoms with Gasteiger partial charge < -0.3 is 24.7 Å². The molecule has 0 aliphatic rings. The van der Waals surface area contributed by atoms with Gasteiger partial charge in [0.15, 0.2) is 0 Å². The van der Waals surface area contributed by atoms with Gasteiger partial charge in [-0.25, -0.2) is 4.98 Å². The molecule has 0 radical (unpaired) electrons. The Morgan fingerprint density at radius 3 is 2.58 bits per heavy atom. The largest absolute Gasteiger partial charge is 0.506 e. The molecule has 7 heteroatoms. The lowest BCUT2D eigenvalue weighted by Gasteiger charge is -2.23. The maximum Gasteiger partial charge on any atom is 0.263 e. The van der Waals surface area contributed by atoms with E-state index in [-0.39, 0.29) is 11.3 Å². The Labute approximate surface area is 190 Å². The molecule has 0 fully saturated rings. The molecule has 0 aliphatic carbocycles. The summed E-state index contributed by atoms with van der Waals surface area (Å²) < 4.78 is 5.98. The van der Waals surface area contributed by atoms with Crippen LogP contribution in [0, 0.1) is 0 Å². The lowest BCUT2D eigenvalue weighted by Crippen LogP contribution is -2.27. The lowest BCUT2D eigenvalue weighted by molar-refractivity contribution is 0.324. The number of para-hydroxylation sites is 2. The molecular formula is C26H24N4O3. The van der Waals surface area contributed by atoms with Gasteiger partial charge in [-0.3, -0.25) is 4.79 Å². The number of nitrogens with zero attached hydrogens (tertiary/aromatic N) is 2. The van der Waals surface area contributed by atoms with Gasteiger partial charge >= 0.3 is 0 Å². The third-order valence-electron chi connectivity index (χ3n) is 5.72. The van der Waals surface area contributed by atoms with Crippen molar-refractivity contribution < 1.29 is 9.84 Å². The predicted molar refractivity (Wildman–Crippen MR) is 131 cm³/mol. The molecule has 0 spiro atoms. The average Bonchev–Trinajstić information content (AvgIpc) is 3.25. The molecule has 0 atom stereocenters. The van der Waals surface area contributed by atoms with Gasteiger partial charge in [0.05, 0.1) is 23.1 Å². The third kappa shape index (κ3) is 4.01. The van der Waals surface area contributed by atoms with Crippen molar-refractivity contribution in [3.63, 3.8) is 0 Å². The zero-order valence-electron chi connectivity index (χ0n) is 18.2. The summed E-state index contributed by atoms with van der Waals surface area (Å²) in [7, 11) is 0. The zero-order valence-corrected chi connectivity index (χ0v) is 18.2. The molecule has 3 N–H and O–H groups in total. The molecule has 7 nitrogen and oxygen atoms in total. The minimum absolute atomic E-state index is 0.0922. The molecule has 0 bridgehead atoms. The van der Waals surface area contributed by atoms with Crippen LogP contribution in [0.5, 0.6) is 11.5 Å². The van der Waals surface area contributed by atoms with Crippen LogP contribution in [0.15, 0.2) is 77.6 Å². The van der Waals surface area contributed by atoms with Gasteiger partial charge in [-0.05, 0) is 43.3 Å². The number of likely N-dealkylation sites (N-methyl/N-ethyl adjacent to an activating group) is 1. The Morgan fingerprint density at radius 2 is 1.76 bits per heavy atom. The Morgan fingerprint density at radius 1 is 0.970 bits per heavy atom. The van der Waals surface area contributed by atoms with Crippen molar-refractivity contribution in [2.24, 2.45) is 0 Å². The van der Waals surface area contributed by atoms with Gasteiger partial charge in [0.1, 0.15) is 29.5 Å². The Bertz CT molecular complexity index is 1470. The van der Waals surface area contributed by atoms with Gasteiger partial charge in [0, 0.05) is 23.7 Å². The number of pyridine rings is 1. The number of fused-ring (bicyclic) bond motifs is 2. The van der Waals surface area contributed by atoms with E-state index in [9.17, 15) is 9.90 Å². The van der Waals surface area contributed by atoms with Crippen LogP contribution in [0.25, 0.3) is 33.3 Å². The smallest absolute Gasteiger partial charge is 0.263 e. The number of imidazole rings is 1. The number of ether oxygens (including phenoxy) is 1. The molecule has 3 aromatic carbocycles. The minimum Gasteiger partial charge on any atom is -0.506 e. The number of benzene rings is 3. The normalized spacial score (nSPS) is 11.2. The first kappa shape index (κ1) is 20.6. The van der Waals surface area contributed by atoms with Gasteiger partial charge in [-0.15, -0.1) is 0 Å². The van der Waals surface area contributed by atoms with E-state index in [0.29, 0.717) is 34.6 Å². The van der Waals surface area contributed by atoms with Gasteiger partial charge in [0.25, 0.3) is 5.56 Å². The lowest BCUT2D eigenvalue weighted by atomic mass is 10.1. The summed E-state index contributed by atoms with van der Waals surface area (Å²) in [6.07, 6.45) is 0. The zero-order chi connectivity index (χ0) is 22.8. The third-order valence-corrected chi connectivity index (χ3v) is 5.72. The summed E-state index contributed by atoms with van der Waals surface area (Å²) in [5.41, 5.74) is 2.87. The molecule has 2 aromatic heterocycles. The number of H-pyrrole nitrogens is 2. The van der Waals surface area contributed by atoms with Gasteiger partial charge in [0.2, 0.25) is 0 Å². The quantitative estimate of drug-likeness (QED) is 0.342. The maximum absolute atomic E-state index is 12.6. The van der Waals surface area contributed by atoms with E-state index in [1.54, 1.807) is 18.2 Å². The summed E-state index contributed by atoms with van der Waals surface area (Å²) >= 11 is 0. The Balaban J connectivity index is 1.37. The Hall–Kier alpha value is -4.26. The number of aromatic amines is 2. The number of nitrogens with one attached hydrogen (secondary N) is 2. The number of hydrogen-bond acceptors (Lipinski definition) is 5. The maximum atomic E-state index is 12.6. The van der Waals surface area contributed by atoms with Crippen LogP contribution in [0.1, 0.15) is 6.92 Å². The Kier molecular flexibility index (Phi) is 5.44. The van der Waals surface area contributed by atoms with Crippen LogP contribution in [-0.4, -0.2) is 39.8 Å². The molecule has 0 aliphatic heterocycles. The number of aromatic nitrogens is 3. The fourth-order valence-corrected chi connectivity index (χ4v) is 4.02. The second-order valence-electron chi connectivity index (χ2n) is 7.75. The van der Waals surface area contributed by atoms with Crippen molar-refractivity contribution in [2.75, 3.05) is 24.6 Å². The molecule has 0 unspecified atom stereocenters. The average molecular weight is 441 g/mol. The van der Waals surface area contributed by atoms with Crippen molar-refractivity contribution in [3.05, 3.63) is 83.2 Å². The monoisotopic (exact) mass is 440 g/mol. The summed E-state index contributed by atoms with van der Waals surface area (Å²) in [6, 6.07) is 22.9. The molecular weight excluding hydrogens is 416 g/mol. The highest BCUT2D eigenvalue weighted by Crippen LogP contribution is 2.32. The van der Waals surface area contributed by atoms with Crippen molar-refractivity contribution in [1.29, 1.82) is 0 Å². The minimum atomic E-state index is -0.401. The molecule has 0 saturated heterocycles. The molecule has 5 rings (SSSR count). The van der Waals surface area contributed by atoms with Crippen molar-refractivity contribution in [1.82, 2.24) is 15.0 Å². The van der Waals surface area contributed by atoms with Crippen molar-refractivity contribution >= 4 is 27.6 Å². The van der Waals surface area contributed by atoms with E-state index in [0.717, 1.165) is 24.3 Å². The van der Waals surface area contributed by atoms with Crippen LogP contribution in [0.4, 0.5) is 5.69 Å². The number of aromatic hydroxyl groups is 1. The first-order valence-corrected chi connectivity index (χ1v) is 10.9.